The third-order valence-corrected chi connectivity index (χ3v) is 3.81. The fourth-order valence-corrected chi connectivity index (χ4v) is 2.48. The van der Waals surface area contributed by atoms with E-state index in [9.17, 15) is 19.3 Å². The fraction of sp³-hybridized carbons (Fsp3) is 0.278. The van der Waals surface area contributed by atoms with Crippen LogP contribution in [0.4, 0.5) is 15.8 Å². The van der Waals surface area contributed by atoms with Gasteiger partial charge in [0.25, 0.3) is 5.69 Å². The van der Waals surface area contributed by atoms with Crippen molar-refractivity contribution in [2.45, 2.75) is 13.5 Å². The van der Waals surface area contributed by atoms with Gasteiger partial charge in [-0.3, -0.25) is 19.8 Å². The van der Waals surface area contributed by atoms with Crippen LogP contribution in [0.5, 0.6) is 5.75 Å². The Bertz CT molecular complexity index is 798. The molecule has 1 N–H and O–H groups in total. The minimum Gasteiger partial charge on any atom is -0.494 e. The van der Waals surface area contributed by atoms with Gasteiger partial charge in [-0.1, -0.05) is 25.1 Å². The SMILES string of the molecule is CCN(CC(=O)Nc1ccccc1[N+](=O)[O-])Cc1ccc(OC)c(F)c1. The first-order valence-corrected chi connectivity index (χ1v) is 8.02. The third-order valence-electron chi connectivity index (χ3n) is 3.81. The Kier molecular flexibility index (Phi) is 6.62. The van der Waals surface area contributed by atoms with Gasteiger partial charge in [0.1, 0.15) is 5.69 Å². The molecule has 0 aliphatic carbocycles. The van der Waals surface area contributed by atoms with Crippen molar-refractivity contribution in [3.8, 4) is 5.75 Å². The number of likely N-dealkylation sites (N-methyl/N-ethyl adjacent to an activating group) is 1. The van der Waals surface area contributed by atoms with Gasteiger partial charge < -0.3 is 10.1 Å². The molecule has 0 atom stereocenters. The molecule has 0 spiro atoms. The summed E-state index contributed by atoms with van der Waals surface area (Å²) in [5.74, 6) is -0.688. The number of hydrogen-bond donors (Lipinski definition) is 1. The minimum atomic E-state index is -0.548. The molecule has 0 heterocycles. The van der Waals surface area contributed by atoms with E-state index in [0.29, 0.717) is 18.7 Å². The van der Waals surface area contributed by atoms with Crippen molar-refractivity contribution >= 4 is 17.3 Å². The zero-order valence-electron chi connectivity index (χ0n) is 14.6. The van der Waals surface area contributed by atoms with Crippen LogP contribution in [0.15, 0.2) is 42.5 Å². The lowest BCUT2D eigenvalue weighted by Gasteiger charge is -2.20. The number of carbonyl (C=O) groups excluding carboxylic acids is 1. The second kappa shape index (κ2) is 8.91. The predicted octanol–water partition coefficient (Wildman–Crippen LogP) is 3.20. The van der Waals surface area contributed by atoms with Crippen LogP contribution in [0.1, 0.15) is 12.5 Å². The van der Waals surface area contributed by atoms with Gasteiger partial charge in [-0.25, -0.2) is 4.39 Å². The Morgan fingerprint density at radius 3 is 2.65 bits per heavy atom. The predicted molar refractivity (Wildman–Crippen MR) is 95.6 cm³/mol. The number of halogens is 1. The van der Waals surface area contributed by atoms with Crippen LogP contribution < -0.4 is 10.1 Å². The number of nitro groups is 1. The summed E-state index contributed by atoms with van der Waals surface area (Å²) in [6, 6.07) is 10.6. The minimum absolute atomic E-state index is 0.0240. The largest absolute Gasteiger partial charge is 0.494 e. The summed E-state index contributed by atoms with van der Waals surface area (Å²) >= 11 is 0. The van der Waals surface area contributed by atoms with Crippen LogP contribution in [0, 0.1) is 15.9 Å². The van der Waals surface area contributed by atoms with Gasteiger partial charge in [0.05, 0.1) is 18.6 Å². The molecule has 2 rings (SSSR count). The van der Waals surface area contributed by atoms with Gasteiger partial charge in [0, 0.05) is 12.6 Å². The van der Waals surface area contributed by atoms with Gasteiger partial charge in [-0.05, 0) is 30.3 Å². The Morgan fingerprint density at radius 2 is 2.04 bits per heavy atom. The van der Waals surface area contributed by atoms with Crippen molar-refractivity contribution < 1.29 is 18.8 Å². The number of nitrogens with zero attached hydrogens (tertiary/aromatic N) is 2. The average Bonchev–Trinajstić information content (AvgIpc) is 2.61. The van der Waals surface area contributed by atoms with Crippen LogP contribution in [0.2, 0.25) is 0 Å². The number of amides is 1. The van der Waals surface area contributed by atoms with E-state index in [-0.39, 0.29) is 29.6 Å². The van der Waals surface area contributed by atoms with E-state index in [1.165, 1.54) is 37.4 Å². The number of nitro benzene ring substituents is 1. The molecule has 7 nitrogen and oxygen atoms in total. The second-order valence-corrected chi connectivity index (χ2v) is 5.59. The number of hydrogen-bond acceptors (Lipinski definition) is 5. The van der Waals surface area contributed by atoms with Crippen molar-refractivity contribution in [3.05, 3.63) is 64.0 Å². The number of benzene rings is 2. The summed E-state index contributed by atoms with van der Waals surface area (Å²) in [5.41, 5.74) is 0.679. The van der Waals surface area contributed by atoms with Gasteiger partial charge in [-0.15, -0.1) is 0 Å². The monoisotopic (exact) mass is 361 g/mol. The zero-order chi connectivity index (χ0) is 19.1. The van der Waals surface area contributed by atoms with E-state index in [1.807, 2.05) is 6.92 Å². The standard InChI is InChI=1S/C18H20FN3O4/c1-3-21(11-13-8-9-17(26-2)14(19)10-13)12-18(23)20-15-6-4-5-7-16(15)22(24)25/h4-10H,3,11-12H2,1-2H3,(H,20,23). The first kappa shape index (κ1) is 19.3. The van der Waals surface area contributed by atoms with Crippen molar-refractivity contribution in [3.63, 3.8) is 0 Å². The molecule has 0 radical (unpaired) electrons. The molecule has 0 aliphatic rings. The van der Waals surface area contributed by atoms with Crippen molar-refractivity contribution in [2.24, 2.45) is 0 Å². The molecule has 2 aromatic carbocycles. The summed E-state index contributed by atoms with van der Waals surface area (Å²) in [5, 5.41) is 13.6. The lowest BCUT2D eigenvalue weighted by molar-refractivity contribution is -0.383. The maximum absolute atomic E-state index is 13.8. The highest BCUT2D eigenvalue weighted by atomic mass is 19.1. The number of nitrogens with one attached hydrogen (secondary N) is 1. The molecule has 26 heavy (non-hydrogen) atoms. The summed E-state index contributed by atoms with van der Waals surface area (Å²) in [4.78, 5) is 24.5. The number of methoxy groups -OCH3 is 1. The highest BCUT2D eigenvalue weighted by Crippen LogP contribution is 2.23. The quantitative estimate of drug-likeness (QED) is 0.576. The number of para-hydroxylation sites is 2. The molecule has 1 amide bonds. The molecule has 0 bridgehead atoms. The lowest BCUT2D eigenvalue weighted by Crippen LogP contribution is -2.32. The van der Waals surface area contributed by atoms with Crippen LogP contribution in [-0.2, 0) is 11.3 Å². The summed E-state index contributed by atoms with van der Waals surface area (Å²) in [7, 11) is 1.39. The van der Waals surface area contributed by atoms with E-state index in [2.05, 4.69) is 5.32 Å². The van der Waals surface area contributed by atoms with E-state index < -0.39 is 10.7 Å². The fourth-order valence-electron chi connectivity index (χ4n) is 2.48. The van der Waals surface area contributed by atoms with E-state index >= 15 is 0 Å². The number of ether oxygens (including phenoxy) is 1. The Balaban J connectivity index is 2.02. The zero-order valence-corrected chi connectivity index (χ0v) is 14.6. The Morgan fingerprint density at radius 1 is 1.31 bits per heavy atom. The molecule has 0 saturated heterocycles. The van der Waals surface area contributed by atoms with Crippen LogP contribution >= 0.6 is 0 Å². The number of anilines is 1. The molecule has 8 heteroatoms. The average molecular weight is 361 g/mol. The molecule has 138 valence electrons. The van der Waals surface area contributed by atoms with Gasteiger partial charge in [0.2, 0.25) is 5.91 Å². The molecular weight excluding hydrogens is 341 g/mol. The topological polar surface area (TPSA) is 84.7 Å². The van der Waals surface area contributed by atoms with Crippen LogP contribution in [0.25, 0.3) is 0 Å². The van der Waals surface area contributed by atoms with Crippen molar-refractivity contribution in [2.75, 3.05) is 25.5 Å². The summed E-state index contributed by atoms with van der Waals surface area (Å²) in [6.45, 7) is 2.81. The smallest absolute Gasteiger partial charge is 0.292 e. The molecular formula is C18H20FN3O4. The molecule has 0 fully saturated rings. The maximum atomic E-state index is 13.8. The van der Waals surface area contributed by atoms with E-state index in [0.717, 1.165) is 0 Å². The first-order chi connectivity index (χ1) is 12.4. The normalized spacial score (nSPS) is 10.6. The maximum Gasteiger partial charge on any atom is 0.292 e. The van der Waals surface area contributed by atoms with Crippen molar-refractivity contribution in [1.82, 2.24) is 4.90 Å². The number of rotatable bonds is 8. The summed E-state index contributed by atoms with van der Waals surface area (Å²) < 4.78 is 18.7. The van der Waals surface area contributed by atoms with Crippen molar-refractivity contribution in [1.29, 1.82) is 0 Å². The molecule has 0 aromatic heterocycles. The molecule has 2 aromatic rings. The van der Waals surface area contributed by atoms with Gasteiger partial charge in [0.15, 0.2) is 11.6 Å². The second-order valence-electron chi connectivity index (χ2n) is 5.59. The van der Waals surface area contributed by atoms with Gasteiger partial charge >= 0.3 is 0 Å². The molecule has 0 unspecified atom stereocenters. The Labute approximate surface area is 150 Å². The van der Waals surface area contributed by atoms with Gasteiger partial charge in [-0.2, -0.15) is 0 Å². The van der Waals surface area contributed by atoms with Crippen LogP contribution in [-0.4, -0.2) is 35.9 Å². The third kappa shape index (κ3) is 5.00. The number of carbonyl (C=O) groups is 1. The van der Waals surface area contributed by atoms with E-state index in [4.69, 9.17) is 4.74 Å². The molecule has 0 aliphatic heterocycles. The lowest BCUT2D eigenvalue weighted by atomic mass is 10.2. The van der Waals surface area contributed by atoms with Crippen LogP contribution in [0.3, 0.4) is 0 Å². The Hall–Kier alpha value is -3.00. The summed E-state index contributed by atoms with van der Waals surface area (Å²) in [6.07, 6.45) is 0. The van der Waals surface area contributed by atoms with E-state index in [1.54, 1.807) is 17.0 Å². The first-order valence-electron chi connectivity index (χ1n) is 8.02. The molecule has 0 saturated carbocycles. The highest BCUT2D eigenvalue weighted by molar-refractivity contribution is 5.94. The highest BCUT2D eigenvalue weighted by Gasteiger charge is 2.17.